The fraction of sp³-hybridized carbons (Fsp3) is 0.500. The molecule has 0 aliphatic carbocycles. The third-order valence-corrected chi connectivity index (χ3v) is 3.95. The van der Waals surface area contributed by atoms with E-state index in [0.717, 1.165) is 6.54 Å². The van der Waals surface area contributed by atoms with E-state index < -0.39 is 0 Å². The second-order valence-electron chi connectivity index (χ2n) is 3.02. The molecule has 0 fully saturated rings. The van der Waals surface area contributed by atoms with Crippen LogP contribution < -0.4 is 0 Å². The molecular weight excluding hydrogens is 222 g/mol. The van der Waals surface area contributed by atoms with Crippen molar-refractivity contribution >= 4 is 27.3 Å². The Hall–Kier alpha value is 0.140. The summed E-state index contributed by atoms with van der Waals surface area (Å²) in [5.41, 5.74) is 1.50. The minimum atomic E-state index is 0.604. The van der Waals surface area contributed by atoms with Crippen LogP contribution in [-0.2, 0) is 6.54 Å². The smallest absolute Gasteiger partial charge is 0.0705 e. The molecule has 1 nitrogen and oxygen atoms in total. The summed E-state index contributed by atoms with van der Waals surface area (Å²) in [5, 5.41) is 0. The monoisotopic (exact) mass is 231 g/mol. The van der Waals surface area contributed by atoms with Gasteiger partial charge in [0.1, 0.15) is 0 Å². The Bertz CT molecular complexity index is 282. The quantitative estimate of drug-likeness (QED) is 0.664. The summed E-state index contributed by atoms with van der Waals surface area (Å²) in [4.78, 5) is 3.89. The first-order valence-corrected chi connectivity index (χ1v) is 5.28. The molecule has 1 aromatic rings. The van der Waals surface area contributed by atoms with Crippen molar-refractivity contribution in [1.82, 2.24) is 4.90 Å². The zero-order chi connectivity index (χ0) is 8.01. The van der Waals surface area contributed by atoms with Crippen molar-refractivity contribution in [3.8, 4) is 0 Å². The molecule has 0 saturated carbocycles. The summed E-state index contributed by atoms with van der Waals surface area (Å²) < 4.78 is 1.27. The fourth-order valence-corrected chi connectivity index (χ4v) is 3.36. The van der Waals surface area contributed by atoms with E-state index in [1.54, 1.807) is 0 Å². The lowest BCUT2D eigenvalue weighted by Gasteiger charge is -2.14. The van der Waals surface area contributed by atoms with Gasteiger partial charge in [-0.05, 0) is 41.5 Å². The van der Waals surface area contributed by atoms with Gasteiger partial charge in [-0.1, -0.05) is 0 Å². The van der Waals surface area contributed by atoms with Crippen molar-refractivity contribution in [3.63, 3.8) is 0 Å². The van der Waals surface area contributed by atoms with Crippen LogP contribution in [0.2, 0.25) is 0 Å². The molecule has 60 valence electrons. The summed E-state index contributed by atoms with van der Waals surface area (Å²) in [6.07, 6.45) is 0. The molecule has 3 heteroatoms. The van der Waals surface area contributed by atoms with Gasteiger partial charge in [0, 0.05) is 17.5 Å². The maximum Gasteiger partial charge on any atom is 0.0705 e. The molecule has 0 N–H and O–H groups in total. The van der Waals surface area contributed by atoms with Gasteiger partial charge in [0.15, 0.2) is 0 Å². The van der Waals surface area contributed by atoms with Crippen LogP contribution in [0.5, 0.6) is 0 Å². The molecule has 0 saturated heterocycles. The molecule has 1 aromatic heterocycles. The van der Waals surface area contributed by atoms with Crippen LogP contribution in [0, 0.1) is 0 Å². The minimum absolute atomic E-state index is 0.604. The fourth-order valence-electron chi connectivity index (χ4n) is 1.49. The molecule has 0 aromatic carbocycles. The second kappa shape index (κ2) is 2.57. The zero-order valence-corrected chi connectivity index (χ0v) is 9.00. The van der Waals surface area contributed by atoms with E-state index in [0.29, 0.717) is 6.04 Å². The lowest BCUT2D eigenvalue weighted by molar-refractivity contribution is 0.287. The molecule has 1 aliphatic heterocycles. The number of hydrogen-bond donors (Lipinski definition) is 0. The lowest BCUT2D eigenvalue weighted by Crippen LogP contribution is -2.13. The Morgan fingerprint density at radius 1 is 1.73 bits per heavy atom. The highest BCUT2D eigenvalue weighted by atomic mass is 79.9. The van der Waals surface area contributed by atoms with Crippen LogP contribution in [-0.4, -0.2) is 11.9 Å². The molecule has 1 atom stereocenters. The van der Waals surface area contributed by atoms with Gasteiger partial charge in [0.2, 0.25) is 0 Å². The van der Waals surface area contributed by atoms with Crippen molar-refractivity contribution in [2.24, 2.45) is 0 Å². The predicted molar refractivity (Wildman–Crippen MR) is 51.9 cm³/mol. The summed E-state index contributed by atoms with van der Waals surface area (Å²) in [7, 11) is 2.17. The first-order chi connectivity index (χ1) is 5.18. The molecule has 2 heterocycles. The molecule has 1 unspecified atom stereocenters. The Kier molecular flexibility index (Phi) is 1.82. The second-order valence-corrected chi connectivity index (χ2v) is 5.54. The molecule has 11 heavy (non-hydrogen) atoms. The summed E-state index contributed by atoms with van der Waals surface area (Å²) in [6, 6.07) is 2.85. The van der Waals surface area contributed by atoms with E-state index in [1.165, 1.54) is 14.2 Å². The van der Waals surface area contributed by atoms with Crippen molar-refractivity contribution in [1.29, 1.82) is 0 Å². The Morgan fingerprint density at radius 3 is 3.09 bits per heavy atom. The van der Waals surface area contributed by atoms with Gasteiger partial charge in [-0.25, -0.2) is 0 Å². The number of fused-ring (bicyclic) bond motifs is 1. The van der Waals surface area contributed by atoms with Gasteiger partial charge in [-0.2, -0.15) is 0 Å². The molecule has 1 aliphatic rings. The Morgan fingerprint density at radius 2 is 2.45 bits per heavy atom. The van der Waals surface area contributed by atoms with Crippen molar-refractivity contribution in [2.45, 2.75) is 19.5 Å². The van der Waals surface area contributed by atoms with E-state index in [4.69, 9.17) is 0 Å². The molecule has 2 rings (SSSR count). The highest BCUT2D eigenvalue weighted by Gasteiger charge is 2.25. The maximum atomic E-state index is 3.51. The van der Waals surface area contributed by atoms with Crippen LogP contribution in [0.1, 0.15) is 23.4 Å². The highest BCUT2D eigenvalue weighted by molar-refractivity contribution is 9.11. The maximum absolute atomic E-state index is 3.51. The first-order valence-electron chi connectivity index (χ1n) is 3.67. The van der Waals surface area contributed by atoms with Crippen LogP contribution in [0.25, 0.3) is 0 Å². The number of hydrogen-bond acceptors (Lipinski definition) is 2. The van der Waals surface area contributed by atoms with E-state index in [9.17, 15) is 0 Å². The van der Waals surface area contributed by atoms with Crippen LogP contribution in [0.15, 0.2) is 9.85 Å². The van der Waals surface area contributed by atoms with Gasteiger partial charge in [0.25, 0.3) is 0 Å². The third kappa shape index (κ3) is 1.15. The van der Waals surface area contributed by atoms with Crippen molar-refractivity contribution in [3.05, 3.63) is 20.3 Å². The Labute approximate surface area is 79.2 Å². The van der Waals surface area contributed by atoms with Crippen LogP contribution in [0.3, 0.4) is 0 Å². The van der Waals surface area contributed by atoms with Crippen molar-refractivity contribution < 1.29 is 0 Å². The van der Waals surface area contributed by atoms with Crippen LogP contribution in [0.4, 0.5) is 0 Å². The zero-order valence-electron chi connectivity index (χ0n) is 6.60. The summed E-state index contributed by atoms with van der Waals surface area (Å²) >= 11 is 5.36. The lowest BCUT2D eigenvalue weighted by atomic mass is 10.2. The molecule has 0 spiro atoms. The predicted octanol–water partition coefficient (Wildman–Crippen LogP) is 3.02. The molecule has 0 bridgehead atoms. The summed E-state index contributed by atoms with van der Waals surface area (Å²) in [5.74, 6) is 0. The van der Waals surface area contributed by atoms with E-state index in [2.05, 4.69) is 40.9 Å². The Balaban J connectivity index is 2.44. The number of rotatable bonds is 0. The first kappa shape index (κ1) is 7.77. The normalized spacial score (nSPS) is 24.1. The van der Waals surface area contributed by atoms with E-state index in [-0.39, 0.29) is 0 Å². The average molecular weight is 232 g/mol. The van der Waals surface area contributed by atoms with Crippen LogP contribution >= 0.6 is 27.3 Å². The van der Waals surface area contributed by atoms with Crippen molar-refractivity contribution in [2.75, 3.05) is 7.05 Å². The SMILES string of the molecule is CC1c2cc(Br)sc2CN1C. The minimum Gasteiger partial charge on any atom is -0.295 e. The topological polar surface area (TPSA) is 3.24 Å². The largest absolute Gasteiger partial charge is 0.295 e. The molecular formula is C8H10BrNS. The molecule has 0 radical (unpaired) electrons. The van der Waals surface area contributed by atoms with Gasteiger partial charge in [0.05, 0.1) is 3.79 Å². The average Bonchev–Trinajstić information content (AvgIpc) is 2.37. The van der Waals surface area contributed by atoms with E-state index in [1.807, 2.05) is 11.3 Å². The standard InChI is InChI=1S/C8H10BrNS/c1-5-6-3-8(9)11-7(6)4-10(5)2/h3,5H,4H2,1-2H3. The number of thiophene rings is 1. The third-order valence-electron chi connectivity index (χ3n) is 2.32. The van der Waals surface area contributed by atoms with Gasteiger partial charge < -0.3 is 0 Å². The number of nitrogens with zero attached hydrogens (tertiary/aromatic N) is 1. The number of halogens is 1. The van der Waals surface area contributed by atoms with E-state index >= 15 is 0 Å². The highest BCUT2D eigenvalue weighted by Crippen LogP contribution is 2.39. The van der Waals surface area contributed by atoms with Gasteiger partial charge >= 0.3 is 0 Å². The summed E-state index contributed by atoms with van der Waals surface area (Å²) in [6.45, 7) is 3.37. The molecule has 0 amide bonds. The van der Waals surface area contributed by atoms with Gasteiger partial charge in [-0.15, -0.1) is 11.3 Å². The van der Waals surface area contributed by atoms with Gasteiger partial charge in [-0.3, -0.25) is 4.90 Å².